The minimum absolute atomic E-state index is 0.114. The molecule has 3 N–H and O–H groups in total. The van der Waals surface area contributed by atoms with Crippen molar-refractivity contribution < 1.29 is 9.59 Å². The van der Waals surface area contributed by atoms with Gasteiger partial charge in [-0.05, 0) is 44.9 Å². The summed E-state index contributed by atoms with van der Waals surface area (Å²) in [5.41, 5.74) is 4.17. The van der Waals surface area contributed by atoms with Crippen LogP contribution in [0.25, 0.3) is 5.57 Å². The van der Waals surface area contributed by atoms with Crippen LogP contribution in [0.2, 0.25) is 0 Å². The number of hydrogen-bond donors (Lipinski definition) is 3. The van der Waals surface area contributed by atoms with Crippen molar-refractivity contribution in [3.63, 3.8) is 0 Å². The minimum atomic E-state index is -0.170. The number of rotatable bonds is 9. The van der Waals surface area contributed by atoms with Crippen LogP contribution < -0.4 is 10.6 Å². The molecule has 7 nitrogen and oxygen atoms in total. The third kappa shape index (κ3) is 5.66. The van der Waals surface area contributed by atoms with Crippen LogP contribution in [0, 0.1) is 12.8 Å². The van der Waals surface area contributed by atoms with E-state index in [0.29, 0.717) is 17.8 Å². The fourth-order valence-corrected chi connectivity index (χ4v) is 3.48. The van der Waals surface area contributed by atoms with Crippen LogP contribution in [0.3, 0.4) is 0 Å². The number of nitrogens with zero attached hydrogens (tertiary/aromatic N) is 2. The van der Waals surface area contributed by atoms with Gasteiger partial charge in [-0.2, -0.15) is 5.10 Å². The Balaban J connectivity index is 2.02. The molecule has 2 rings (SSSR count). The average Bonchev–Trinajstić information content (AvgIpc) is 3.13. The van der Waals surface area contributed by atoms with Crippen molar-refractivity contribution in [2.24, 2.45) is 5.92 Å². The minimum Gasteiger partial charge on any atom is -0.387 e. The Morgan fingerprint density at radius 3 is 2.89 bits per heavy atom. The molecule has 0 aromatic carbocycles. The average molecular weight is 386 g/mol. The second kappa shape index (κ2) is 10.6. The first-order valence-corrected chi connectivity index (χ1v) is 9.69. The normalized spacial score (nSPS) is 19.0. The predicted molar refractivity (Wildman–Crippen MR) is 111 cm³/mol. The zero-order valence-electron chi connectivity index (χ0n) is 17.0. The van der Waals surface area contributed by atoms with Gasteiger partial charge in [0.25, 0.3) is 5.91 Å². The van der Waals surface area contributed by atoms with Crippen LogP contribution in [0.5, 0.6) is 0 Å². The molecule has 28 heavy (non-hydrogen) atoms. The molecule has 1 atom stereocenters. The van der Waals surface area contributed by atoms with E-state index < -0.39 is 0 Å². The van der Waals surface area contributed by atoms with E-state index in [-0.39, 0.29) is 11.8 Å². The summed E-state index contributed by atoms with van der Waals surface area (Å²) in [7, 11) is 1.78. The number of amides is 1. The molecule has 0 bridgehead atoms. The highest BCUT2D eigenvalue weighted by Crippen LogP contribution is 2.19. The number of nitrogens with one attached hydrogen (secondary N) is 3. The van der Waals surface area contributed by atoms with Crippen LogP contribution in [0.1, 0.15) is 31.0 Å². The monoisotopic (exact) mass is 385 g/mol. The van der Waals surface area contributed by atoms with E-state index in [9.17, 15) is 9.59 Å². The second-order valence-corrected chi connectivity index (χ2v) is 7.11. The lowest BCUT2D eigenvalue weighted by Gasteiger charge is -2.30. The molecule has 152 valence electrons. The van der Waals surface area contributed by atoms with Gasteiger partial charge >= 0.3 is 0 Å². The Morgan fingerprint density at radius 2 is 2.29 bits per heavy atom. The molecule has 0 radical (unpaired) electrons. The number of H-pyrrole nitrogens is 1. The Labute approximate surface area is 167 Å². The molecule has 0 aliphatic carbocycles. The number of aromatic amines is 1. The number of likely N-dealkylation sites (N-methyl/N-ethyl adjacent to an activating group) is 1. The first kappa shape index (κ1) is 21.6. The smallest absolute Gasteiger partial charge is 0.253 e. The van der Waals surface area contributed by atoms with Crippen molar-refractivity contribution in [1.29, 1.82) is 0 Å². The molecule has 1 aromatic heterocycles. The lowest BCUT2D eigenvalue weighted by molar-refractivity contribution is -0.117. The lowest BCUT2D eigenvalue weighted by atomic mass is 10.00. The molecule has 2 heterocycles. The third-order valence-electron chi connectivity index (χ3n) is 5.07. The molecular weight excluding hydrogens is 354 g/mol. The molecule has 1 aliphatic rings. The molecule has 1 amide bonds. The van der Waals surface area contributed by atoms with E-state index >= 15 is 0 Å². The van der Waals surface area contributed by atoms with Crippen LogP contribution in [0.4, 0.5) is 0 Å². The van der Waals surface area contributed by atoms with E-state index in [1.165, 1.54) is 0 Å². The Morgan fingerprint density at radius 1 is 1.50 bits per heavy atom. The SMILES string of the molecule is C=C/C(C(=O)NCCN1CCCC(C=O)C1)=C(\C=C(/C)c1cn[nH]c1C)NC. The zero-order valence-corrected chi connectivity index (χ0v) is 17.0. The summed E-state index contributed by atoms with van der Waals surface area (Å²) >= 11 is 0. The fourth-order valence-electron chi connectivity index (χ4n) is 3.48. The van der Waals surface area contributed by atoms with Gasteiger partial charge in [0.15, 0.2) is 0 Å². The summed E-state index contributed by atoms with van der Waals surface area (Å²) in [5.74, 6) is -0.0558. The number of aryl methyl sites for hydroxylation is 1. The molecule has 1 saturated heterocycles. The van der Waals surface area contributed by atoms with Crippen LogP contribution in [-0.4, -0.2) is 60.5 Å². The summed E-state index contributed by atoms with van der Waals surface area (Å²) in [5, 5.41) is 13.0. The highest BCUT2D eigenvalue weighted by Gasteiger charge is 2.19. The highest BCUT2D eigenvalue weighted by molar-refractivity contribution is 5.97. The van der Waals surface area contributed by atoms with Crippen molar-refractivity contribution in [3.8, 4) is 0 Å². The van der Waals surface area contributed by atoms with Gasteiger partial charge < -0.3 is 20.3 Å². The molecular formula is C21H31N5O2. The summed E-state index contributed by atoms with van der Waals surface area (Å²) in [4.78, 5) is 25.9. The number of aromatic nitrogens is 2. The van der Waals surface area contributed by atoms with Gasteiger partial charge in [0, 0.05) is 49.6 Å². The maximum atomic E-state index is 12.7. The lowest BCUT2D eigenvalue weighted by Crippen LogP contribution is -2.41. The number of piperidine rings is 1. The topological polar surface area (TPSA) is 90.1 Å². The van der Waals surface area contributed by atoms with Crippen molar-refractivity contribution in [1.82, 2.24) is 25.7 Å². The maximum Gasteiger partial charge on any atom is 0.253 e. The van der Waals surface area contributed by atoms with Crippen molar-refractivity contribution >= 4 is 17.8 Å². The van der Waals surface area contributed by atoms with E-state index in [1.807, 2.05) is 19.9 Å². The van der Waals surface area contributed by atoms with E-state index in [0.717, 1.165) is 55.6 Å². The Kier molecular flexibility index (Phi) is 8.19. The number of likely N-dealkylation sites (tertiary alicyclic amines) is 1. The molecule has 7 heteroatoms. The van der Waals surface area contributed by atoms with Crippen molar-refractivity contribution in [3.05, 3.63) is 47.5 Å². The number of carbonyl (C=O) groups is 2. The van der Waals surface area contributed by atoms with Crippen molar-refractivity contribution in [2.75, 3.05) is 33.2 Å². The first-order valence-electron chi connectivity index (χ1n) is 9.69. The largest absolute Gasteiger partial charge is 0.387 e. The first-order chi connectivity index (χ1) is 13.5. The molecule has 1 aliphatic heterocycles. The fraction of sp³-hybridized carbons (Fsp3) is 0.476. The van der Waals surface area contributed by atoms with Gasteiger partial charge in [-0.1, -0.05) is 12.7 Å². The van der Waals surface area contributed by atoms with Gasteiger partial charge in [0.1, 0.15) is 6.29 Å². The molecule has 1 aromatic rings. The second-order valence-electron chi connectivity index (χ2n) is 7.11. The third-order valence-corrected chi connectivity index (χ3v) is 5.07. The maximum absolute atomic E-state index is 12.7. The number of hydrogen-bond acceptors (Lipinski definition) is 5. The predicted octanol–water partition coefficient (Wildman–Crippen LogP) is 1.81. The number of carbonyl (C=O) groups excluding carboxylic acids is 2. The summed E-state index contributed by atoms with van der Waals surface area (Å²) in [6.07, 6.45) is 8.29. The Bertz CT molecular complexity index is 763. The van der Waals surface area contributed by atoms with Gasteiger partial charge in [0.2, 0.25) is 0 Å². The standard InChI is InChI=1S/C21H31N5O2/c1-5-18(20(22-4)11-15(2)19-12-24-25-16(19)3)21(28)23-8-10-26-9-6-7-17(13-26)14-27/h5,11-12,14,17,22H,1,6-10,13H2,2-4H3,(H,23,28)(H,24,25)/b15-11+,20-18-. The van der Waals surface area contributed by atoms with Gasteiger partial charge in [0.05, 0.1) is 11.8 Å². The summed E-state index contributed by atoms with van der Waals surface area (Å²) in [6, 6.07) is 0. The van der Waals surface area contributed by atoms with E-state index in [2.05, 4.69) is 32.3 Å². The van der Waals surface area contributed by atoms with Gasteiger partial charge in [-0.15, -0.1) is 0 Å². The molecule has 0 spiro atoms. The highest BCUT2D eigenvalue weighted by atomic mass is 16.1. The molecule has 1 fully saturated rings. The van der Waals surface area contributed by atoms with Crippen LogP contribution in [0.15, 0.2) is 36.2 Å². The summed E-state index contributed by atoms with van der Waals surface area (Å²) < 4.78 is 0. The number of aldehydes is 1. The van der Waals surface area contributed by atoms with Gasteiger partial charge in [-0.3, -0.25) is 9.89 Å². The van der Waals surface area contributed by atoms with E-state index in [1.54, 1.807) is 19.3 Å². The molecule has 1 unspecified atom stereocenters. The molecule has 0 saturated carbocycles. The quantitative estimate of drug-likeness (QED) is 0.343. The van der Waals surface area contributed by atoms with Crippen molar-refractivity contribution in [2.45, 2.75) is 26.7 Å². The zero-order chi connectivity index (χ0) is 20.5. The van der Waals surface area contributed by atoms with Gasteiger partial charge in [-0.25, -0.2) is 0 Å². The van der Waals surface area contributed by atoms with Crippen LogP contribution in [-0.2, 0) is 9.59 Å². The van der Waals surface area contributed by atoms with E-state index in [4.69, 9.17) is 0 Å². The van der Waals surface area contributed by atoms with Crippen LogP contribution >= 0.6 is 0 Å². The Hall–Kier alpha value is -2.67. The number of allylic oxidation sites excluding steroid dienone is 2. The summed E-state index contributed by atoms with van der Waals surface area (Å²) in [6.45, 7) is 10.7.